The van der Waals surface area contributed by atoms with Crippen molar-refractivity contribution in [2.24, 2.45) is 4.40 Å². The molecule has 0 bridgehead atoms. The van der Waals surface area contributed by atoms with Crippen LogP contribution in [0.1, 0.15) is 41.6 Å². The van der Waals surface area contributed by atoms with Gasteiger partial charge in [-0.2, -0.15) is 8.42 Å². The van der Waals surface area contributed by atoms with Crippen LogP contribution < -0.4 is 5.32 Å². The number of sulfonamides is 1. The van der Waals surface area contributed by atoms with Gasteiger partial charge < -0.3 is 15.1 Å². The number of hydrogen-bond acceptors (Lipinski definition) is 5. The highest BCUT2D eigenvalue weighted by Crippen LogP contribution is 2.27. The van der Waals surface area contributed by atoms with Crippen LogP contribution in [-0.4, -0.2) is 62.2 Å². The first-order valence-electron chi connectivity index (χ1n) is 10.9. The Morgan fingerprint density at radius 2 is 1.74 bits per heavy atom. The lowest BCUT2D eigenvalue weighted by Crippen LogP contribution is -2.42. The third kappa shape index (κ3) is 3.97. The standard InChI is InChI=1S/C23H26N4O3S/c28-23(27-15-5-6-19(27)16-26-13-3-4-14-26)17-9-11-18(12-10-17)24-22-20-7-1-2-8-21(20)31(29,30)25-22/h1-2,7-12,19H,3-6,13-16H2,(H,24,25). The molecule has 3 aliphatic heterocycles. The number of fused-ring (bicyclic) bond motifs is 1. The van der Waals surface area contributed by atoms with Crippen molar-refractivity contribution in [3.05, 3.63) is 59.7 Å². The van der Waals surface area contributed by atoms with E-state index in [1.807, 2.05) is 4.90 Å². The molecular weight excluding hydrogens is 412 g/mol. The Morgan fingerprint density at radius 1 is 1.00 bits per heavy atom. The summed E-state index contributed by atoms with van der Waals surface area (Å²) in [6, 6.07) is 14.2. The molecule has 3 heterocycles. The van der Waals surface area contributed by atoms with E-state index in [2.05, 4.69) is 14.6 Å². The van der Waals surface area contributed by atoms with Gasteiger partial charge in [0.25, 0.3) is 15.9 Å². The molecule has 8 heteroatoms. The van der Waals surface area contributed by atoms with Crippen LogP contribution in [0, 0.1) is 0 Å². The quantitative estimate of drug-likeness (QED) is 0.794. The van der Waals surface area contributed by atoms with Crippen molar-refractivity contribution in [2.45, 2.75) is 36.6 Å². The molecule has 162 valence electrons. The van der Waals surface area contributed by atoms with Gasteiger partial charge in [0.1, 0.15) is 4.90 Å². The monoisotopic (exact) mass is 438 g/mol. The van der Waals surface area contributed by atoms with Crippen LogP contribution in [0.25, 0.3) is 0 Å². The molecule has 31 heavy (non-hydrogen) atoms. The molecule has 1 atom stereocenters. The van der Waals surface area contributed by atoms with Crippen LogP contribution in [0.15, 0.2) is 57.8 Å². The fourth-order valence-electron chi connectivity index (χ4n) is 4.75. The average molecular weight is 439 g/mol. The van der Waals surface area contributed by atoms with Gasteiger partial charge >= 0.3 is 0 Å². The maximum absolute atomic E-state index is 13.1. The summed E-state index contributed by atoms with van der Waals surface area (Å²) in [7, 11) is -3.66. The first-order valence-corrected chi connectivity index (χ1v) is 12.3. The maximum Gasteiger partial charge on any atom is 0.285 e. The number of benzene rings is 2. The number of amidine groups is 1. The van der Waals surface area contributed by atoms with Crippen LogP contribution in [0.3, 0.4) is 0 Å². The van der Waals surface area contributed by atoms with Crippen molar-refractivity contribution >= 4 is 27.5 Å². The van der Waals surface area contributed by atoms with Crippen LogP contribution in [-0.2, 0) is 10.0 Å². The molecule has 1 N–H and O–H groups in total. The summed E-state index contributed by atoms with van der Waals surface area (Å²) < 4.78 is 28.3. The lowest BCUT2D eigenvalue weighted by molar-refractivity contribution is 0.0709. The van der Waals surface area contributed by atoms with Gasteiger partial charge in [-0.05, 0) is 75.2 Å². The summed E-state index contributed by atoms with van der Waals surface area (Å²) in [5.41, 5.74) is 1.90. The van der Waals surface area contributed by atoms with E-state index in [1.165, 1.54) is 12.8 Å². The van der Waals surface area contributed by atoms with E-state index in [0.29, 0.717) is 22.6 Å². The number of amides is 1. The first-order chi connectivity index (χ1) is 15.0. The first kappa shape index (κ1) is 20.2. The lowest BCUT2D eigenvalue weighted by atomic mass is 10.1. The molecule has 0 radical (unpaired) electrons. The van der Waals surface area contributed by atoms with Gasteiger partial charge in [0.05, 0.1) is 0 Å². The number of nitrogens with zero attached hydrogens (tertiary/aromatic N) is 3. The summed E-state index contributed by atoms with van der Waals surface area (Å²) in [6.45, 7) is 4.06. The third-order valence-corrected chi connectivity index (χ3v) is 7.67. The number of likely N-dealkylation sites (tertiary alicyclic amines) is 2. The molecule has 7 nitrogen and oxygen atoms in total. The summed E-state index contributed by atoms with van der Waals surface area (Å²) >= 11 is 0. The van der Waals surface area contributed by atoms with E-state index < -0.39 is 10.0 Å². The van der Waals surface area contributed by atoms with Gasteiger partial charge in [-0.1, -0.05) is 12.1 Å². The SMILES string of the molecule is O=C(c1ccc(NC2=NS(=O)(=O)c3ccccc32)cc1)N1CCCC1CN1CCCC1. The molecule has 3 aliphatic rings. The summed E-state index contributed by atoms with van der Waals surface area (Å²) in [5, 5.41) is 3.08. The second kappa shape index (κ2) is 8.09. The minimum atomic E-state index is -3.66. The van der Waals surface area contributed by atoms with E-state index in [4.69, 9.17) is 0 Å². The van der Waals surface area contributed by atoms with Gasteiger partial charge in [-0.25, -0.2) is 0 Å². The molecule has 5 rings (SSSR count). The number of nitrogens with one attached hydrogen (secondary N) is 1. The number of carbonyl (C=O) groups is 1. The highest BCUT2D eigenvalue weighted by molar-refractivity contribution is 7.90. The second-order valence-corrected chi connectivity index (χ2v) is 9.99. The molecular formula is C23H26N4O3S. The second-order valence-electron chi connectivity index (χ2n) is 8.42. The molecule has 0 saturated carbocycles. The Balaban J connectivity index is 1.29. The summed E-state index contributed by atoms with van der Waals surface area (Å²) in [5.74, 6) is 0.374. The smallest absolute Gasteiger partial charge is 0.285 e. The van der Waals surface area contributed by atoms with Crippen molar-refractivity contribution in [3.8, 4) is 0 Å². The molecule has 1 unspecified atom stereocenters. The number of carbonyl (C=O) groups excluding carboxylic acids is 1. The maximum atomic E-state index is 13.1. The predicted octanol–water partition coefficient (Wildman–Crippen LogP) is 2.95. The van der Waals surface area contributed by atoms with Gasteiger partial charge in [0, 0.05) is 35.9 Å². The largest absolute Gasteiger partial charge is 0.339 e. The van der Waals surface area contributed by atoms with Gasteiger partial charge in [0.15, 0.2) is 5.84 Å². The highest BCUT2D eigenvalue weighted by atomic mass is 32.2. The van der Waals surface area contributed by atoms with Crippen molar-refractivity contribution in [1.82, 2.24) is 9.80 Å². The normalized spacial score (nSPS) is 22.4. The predicted molar refractivity (Wildman–Crippen MR) is 120 cm³/mol. The van der Waals surface area contributed by atoms with E-state index in [-0.39, 0.29) is 16.8 Å². The number of anilines is 1. The van der Waals surface area contributed by atoms with Crippen LogP contribution in [0.2, 0.25) is 0 Å². The topological polar surface area (TPSA) is 82.1 Å². The van der Waals surface area contributed by atoms with Gasteiger partial charge in [-0.15, -0.1) is 4.40 Å². The Labute approximate surface area is 182 Å². The van der Waals surface area contributed by atoms with Crippen LogP contribution in [0.5, 0.6) is 0 Å². The molecule has 0 aromatic heterocycles. The van der Waals surface area contributed by atoms with E-state index in [1.54, 1.807) is 48.5 Å². The zero-order chi connectivity index (χ0) is 21.4. The highest BCUT2D eigenvalue weighted by Gasteiger charge is 2.32. The van der Waals surface area contributed by atoms with Gasteiger partial charge in [-0.3, -0.25) is 4.79 Å². The van der Waals surface area contributed by atoms with E-state index >= 15 is 0 Å². The number of hydrogen-bond donors (Lipinski definition) is 1. The van der Waals surface area contributed by atoms with Crippen molar-refractivity contribution in [1.29, 1.82) is 0 Å². The Kier molecular flexibility index (Phi) is 5.27. The van der Waals surface area contributed by atoms with E-state index in [9.17, 15) is 13.2 Å². The number of rotatable bonds is 4. The third-order valence-electron chi connectivity index (χ3n) is 6.33. The van der Waals surface area contributed by atoms with E-state index in [0.717, 1.165) is 39.0 Å². The van der Waals surface area contributed by atoms with Crippen molar-refractivity contribution in [2.75, 3.05) is 31.5 Å². The molecule has 0 aliphatic carbocycles. The lowest BCUT2D eigenvalue weighted by Gasteiger charge is -2.28. The zero-order valence-corrected chi connectivity index (χ0v) is 18.1. The molecule has 2 saturated heterocycles. The fraction of sp³-hybridized carbons (Fsp3) is 0.391. The molecule has 0 spiro atoms. The molecule has 2 aromatic carbocycles. The Morgan fingerprint density at radius 3 is 2.52 bits per heavy atom. The van der Waals surface area contributed by atoms with Crippen LogP contribution in [0.4, 0.5) is 5.69 Å². The van der Waals surface area contributed by atoms with Gasteiger partial charge in [0.2, 0.25) is 0 Å². The Bertz CT molecular complexity index is 1120. The molecule has 2 fully saturated rings. The molecule has 1 amide bonds. The summed E-state index contributed by atoms with van der Waals surface area (Å²) in [4.78, 5) is 17.8. The fourth-order valence-corrected chi connectivity index (χ4v) is 5.93. The van der Waals surface area contributed by atoms with Crippen molar-refractivity contribution < 1.29 is 13.2 Å². The minimum absolute atomic E-state index is 0.0689. The minimum Gasteiger partial charge on any atom is -0.339 e. The average Bonchev–Trinajstić information content (AvgIpc) is 3.50. The van der Waals surface area contributed by atoms with Crippen molar-refractivity contribution in [3.63, 3.8) is 0 Å². The zero-order valence-electron chi connectivity index (χ0n) is 17.3. The molecule has 2 aromatic rings. The summed E-state index contributed by atoms with van der Waals surface area (Å²) in [6.07, 6.45) is 4.63. The Hall–Kier alpha value is -2.71. The van der Waals surface area contributed by atoms with Crippen LogP contribution >= 0.6 is 0 Å².